The van der Waals surface area contributed by atoms with E-state index >= 15 is 0 Å². The number of benzene rings is 2. The molecule has 4 rings (SSSR count). The number of piperidine rings is 1. The lowest BCUT2D eigenvalue weighted by Crippen LogP contribution is -2.50. The number of carbonyl (C=O) groups excluding carboxylic acids is 2. The van der Waals surface area contributed by atoms with E-state index in [1.807, 2.05) is 35.2 Å². The lowest BCUT2D eigenvalue weighted by atomic mass is 9.94. The molecule has 2 heterocycles. The largest absolute Gasteiger partial charge is 0.368 e. The molecule has 2 aromatic rings. The summed E-state index contributed by atoms with van der Waals surface area (Å²) in [6, 6.07) is 15.4. The zero-order valence-corrected chi connectivity index (χ0v) is 17.7. The molecule has 0 saturated carbocycles. The van der Waals surface area contributed by atoms with Gasteiger partial charge in [-0.25, -0.2) is 0 Å². The van der Waals surface area contributed by atoms with E-state index < -0.39 is 22.0 Å². The Bertz CT molecular complexity index is 1120. The highest BCUT2D eigenvalue weighted by molar-refractivity contribution is 7.90. The number of rotatable bonds is 5. The molecule has 162 valence electrons. The van der Waals surface area contributed by atoms with Crippen molar-refractivity contribution in [2.75, 3.05) is 13.1 Å². The summed E-state index contributed by atoms with van der Waals surface area (Å²) in [6.07, 6.45) is 1.40. The van der Waals surface area contributed by atoms with E-state index in [1.165, 1.54) is 0 Å². The first kappa shape index (κ1) is 21.0. The first-order chi connectivity index (χ1) is 14.8. The van der Waals surface area contributed by atoms with E-state index in [9.17, 15) is 18.0 Å². The van der Waals surface area contributed by atoms with E-state index in [0.717, 1.165) is 5.56 Å². The Kier molecular flexibility index (Phi) is 5.77. The molecule has 0 spiro atoms. The van der Waals surface area contributed by atoms with E-state index in [-0.39, 0.29) is 16.7 Å². The highest BCUT2D eigenvalue weighted by atomic mass is 32.2. The van der Waals surface area contributed by atoms with Crippen molar-refractivity contribution >= 4 is 27.7 Å². The average molecular weight is 441 g/mol. The number of carbonyl (C=O) groups is 2. The number of hydrogen-bond acceptors (Lipinski definition) is 5. The molecule has 2 aromatic carbocycles. The molecule has 9 heteroatoms. The van der Waals surface area contributed by atoms with Crippen molar-refractivity contribution in [2.24, 2.45) is 16.0 Å². The van der Waals surface area contributed by atoms with Gasteiger partial charge in [-0.15, -0.1) is 4.40 Å². The molecule has 3 N–H and O–H groups in total. The van der Waals surface area contributed by atoms with Gasteiger partial charge >= 0.3 is 0 Å². The Morgan fingerprint density at radius 3 is 2.39 bits per heavy atom. The van der Waals surface area contributed by atoms with Crippen LogP contribution in [0.15, 0.2) is 63.9 Å². The highest BCUT2D eigenvalue weighted by Gasteiger charge is 2.35. The van der Waals surface area contributed by atoms with Crippen molar-refractivity contribution in [1.29, 1.82) is 0 Å². The minimum absolute atomic E-state index is 0.208. The third-order valence-corrected chi connectivity index (χ3v) is 7.05. The molecule has 0 bridgehead atoms. The van der Waals surface area contributed by atoms with Crippen molar-refractivity contribution in [3.63, 3.8) is 0 Å². The first-order valence-corrected chi connectivity index (χ1v) is 11.6. The zero-order chi connectivity index (χ0) is 22.0. The highest BCUT2D eigenvalue weighted by Crippen LogP contribution is 2.29. The van der Waals surface area contributed by atoms with Gasteiger partial charge in [0, 0.05) is 31.0 Å². The van der Waals surface area contributed by atoms with Crippen LogP contribution in [0.4, 0.5) is 0 Å². The van der Waals surface area contributed by atoms with Gasteiger partial charge in [0.1, 0.15) is 10.9 Å². The number of amidine groups is 1. The molecule has 1 fully saturated rings. The second-order valence-electron chi connectivity index (χ2n) is 7.80. The second kappa shape index (κ2) is 8.50. The normalized spacial score (nSPS) is 18.7. The van der Waals surface area contributed by atoms with Gasteiger partial charge < -0.3 is 16.0 Å². The van der Waals surface area contributed by atoms with Crippen LogP contribution in [0.1, 0.15) is 24.0 Å². The SMILES string of the molecule is NC(=O)C(Cc1ccccc1)NC(=O)C1CCN(C2=NS(=O)(=O)c3ccccc32)CC1. The number of sulfonamides is 1. The Hall–Kier alpha value is -3.20. The zero-order valence-electron chi connectivity index (χ0n) is 16.9. The third kappa shape index (κ3) is 4.46. The molecule has 1 atom stereocenters. The summed E-state index contributed by atoms with van der Waals surface area (Å²) in [5, 5.41) is 2.79. The summed E-state index contributed by atoms with van der Waals surface area (Å²) in [7, 11) is -3.67. The van der Waals surface area contributed by atoms with E-state index in [4.69, 9.17) is 5.73 Å². The van der Waals surface area contributed by atoms with Gasteiger partial charge in [0.05, 0.1) is 0 Å². The van der Waals surface area contributed by atoms with Gasteiger partial charge in [-0.1, -0.05) is 42.5 Å². The van der Waals surface area contributed by atoms with Crippen LogP contribution in [0, 0.1) is 5.92 Å². The first-order valence-electron chi connectivity index (χ1n) is 10.2. The molecule has 0 radical (unpaired) electrons. The van der Waals surface area contributed by atoms with Crippen molar-refractivity contribution in [2.45, 2.75) is 30.2 Å². The van der Waals surface area contributed by atoms with Crippen molar-refractivity contribution < 1.29 is 18.0 Å². The van der Waals surface area contributed by atoms with Crippen molar-refractivity contribution in [3.8, 4) is 0 Å². The van der Waals surface area contributed by atoms with E-state index in [0.29, 0.717) is 43.8 Å². The van der Waals surface area contributed by atoms with Gasteiger partial charge in [0.15, 0.2) is 5.84 Å². The number of nitrogens with one attached hydrogen (secondary N) is 1. The monoisotopic (exact) mass is 440 g/mol. The number of amides is 2. The predicted octanol–water partition coefficient (Wildman–Crippen LogP) is 1.06. The van der Waals surface area contributed by atoms with Crippen LogP contribution in [0.25, 0.3) is 0 Å². The molecule has 0 aromatic heterocycles. The smallest absolute Gasteiger partial charge is 0.285 e. The minimum atomic E-state index is -3.67. The van der Waals surface area contributed by atoms with Crippen molar-refractivity contribution in [1.82, 2.24) is 10.2 Å². The molecule has 2 aliphatic rings. The molecule has 2 aliphatic heterocycles. The summed E-state index contributed by atoms with van der Waals surface area (Å²) >= 11 is 0. The summed E-state index contributed by atoms with van der Waals surface area (Å²) < 4.78 is 28.5. The van der Waals surface area contributed by atoms with Gasteiger partial charge in [0.25, 0.3) is 10.0 Å². The maximum absolute atomic E-state index is 12.8. The van der Waals surface area contributed by atoms with E-state index in [2.05, 4.69) is 9.71 Å². The quantitative estimate of drug-likeness (QED) is 0.720. The van der Waals surface area contributed by atoms with Gasteiger partial charge in [-0.3, -0.25) is 9.59 Å². The number of fused-ring (bicyclic) bond motifs is 1. The maximum atomic E-state index is 12.8. The molecule has 1 unspecified atom stereocenters. The lowest BCUT2D eigenvalue weighted by Gasteiger charge is -2.33. The van der Waals surface area contributed by atoms with Gasteiger partial charge in [0.2, 0.25) is 11.8 Å². The van der Waals surface area contributed by atoms with Crippen LogP contribution in [-0.4, -0.2) is 50.1 Å². The van der Waals surface area contributed by atoms with Gasteiger partial charge in [-0.2, -0.15) is 8.42 Å². The van der Waals surface area contributed by atoms with Crippen LogP contribution < -0.4 is 11.1 Å². The van der Waals surface area contributed by atoms with Crippen LogP contribution in [-0.2, 0) is 26.0 Å². The molecule has 8 nitrogen and oxygen atoms in total. The lowest BCUT2D eigenvalue weighted by molar-refractivity contribution is -0.130. The minimum Gasteiger partial charge on any atom is -0.368 e. The van der Waals surface area contributed by atoms with Crippen LogP contribution >= 0.6 is 0 Å². The van der Waals surface area contributed by atoms with Crippen LogP contribution in [0.2, 0.25) is 0 Å². The van der Waals surface area contributed by atoms with Crippen molar-refractivity contribution in [3.05, 3.63) is 65.7 Å². The topological polar surface area (TPSA) is 122 Å². The number of nitrogens with zero attached hydrogens (tertiary/aromatic N) is 2. The summed E-state index contributed by atoms with van der Waals surface area (Å²) in [4.78, 5) is 26.7. The van der Waals surface area contributed by atoms with Gasteiger partial charge in [-0.05, 0) is 30.5 Å². The summed E-state index contributed by atoms with van der Waals surface area (Å²) in [5.41, 5.74) is 7.02. The second-order valence-corrected chi connectivity index (χ2v) is 9.37. The third-order valence-electron chi connectivity index (χ3n) is 5.72. The molecule has 2 amide bonds. The standard InChI is InChI=1S/C22H24N4O4S/c23-20(27)18(14-15-6-2-1-3-7-15)24-22(28)16-10-12-26(13-11-16)21-17-8-4-5-9-19(17)31(29,30)25-21/h1-9,16,18H,10-14H2,(H2,23,27)(H,24,28). The Balaban J connectivity index is 1.38. The molecular weight excluding hydrogens is 416 g/mol. The van der Waals surface area contributed by atoms with Crippen LogP contribution in [0.3, 0.4) is 0 Å². The number of primary amides is 1. The fourth-order valence-corrected chi connectivity index (χ4v) is 5.26. The molecular formula is C22H24N4O4S. The molecule has 0 aliphatic carbocycles. The fourth-order valence-electron chi connectivity index (χ4n) is 4.03. The van der Waals surface area contributed by atoms with Crippen LogP contribution in [0.5, 0.6) is 0 Å². The Morgan fingerprint density at radius 1 is 1.06 bits per heavy atom. The molecule has 31 heavy (non-hydrogen) atoms. The summed E-state index contributed by atoms with van der Waals surface area (Å²) in [5.74, 6) is -0.617. The Morgan fingerprint density at radius 2 is 1.71 bits per heavy atom. The number of nitrogens with two attached hydrogens (primary N) is 1. The maximum Gasteiger partial charge on any atom is 0.285 e. The predicted molar refractivity (Wildman–Crippen MR) is 116 cm³/mol. The Labute approximate surface area is 181 Å². The van der Waals surface area contributed by atoms with E-state index in [1.54, 1.807) is 24.3 Å². The fraction of sp³-hybridized carbons (Fsp3) is 0.318. The molecule has 1 saturated heterocycles. The number of hydrogen-bond donors (Lipinski definition) is 2. The summed E-state index contributed by atoms with van der Waals surface area (Å²) in [6.45, 7) is 1.00. The number of likely N-dealkylation sites (tertiary alicyclic amines) is 1. The average Bonchev–Trinajstić information content (AvgIpc) is 3.05.